The standard InChI is InChI=1S/C37H71NO4/c1-3-5-7-9-11-13-15-17-18-20-21-23-25-27-29-31-36(39)41-34-35(33-38)42-37(40)32-30-28-26-24-22-19-16-14-12-10-8-6-4-2/h17-18,35H,3-16,19-34,38H2,1-2H3. The van der Waals surface area contributed by atoms with Gasteiger partial charge < -0.3 is 15.2 Å². The Bertz CT molecular complexity index is 607. The van der Waals surface area contributed by atoms with Crippen LogP contribution in [0.5, 0.6) is 0 Å². The van der Waals surface area contributed by atoms with Crippen LogP contribution < -0.4 is 5.73 Å². The van der Waals surface area contributed by atoms with Crippen LogP contribution in [0.2, 0.25) is 0 Å². The third-order valence-corrected chi connectivity index (χ3v) is 8.12. The predicted octanol–water partition coefficient (Wildman–Crippen LogP) is 10.9. The molecule has 0 fully saturated rings. The fraction of sp³-hybridized carbons (Fsp3) is 0.892. The zero-order chi connectivity index (χ0) is 30.8. The quantitative estimate of drug-likeness (QED) is 0.0465. The number of carbonyl (C=O) groups is 2. The van der Waals surface area contributed by atoms with Gasteiger partial charge in [-0.1, -0.05) is 154 Å². The fourth-order valence-electron chi connectivity index (χ4n) is 5.28. The molecule has 0 aliphatic heterocycles. The molecule has 0 heterocycles. The largest absolute Gasteiger partial charge is 0.462 e. The second-order valence-electron chi connectivity index (χ2n) is 12.4. The molecule has 0 saturated carbocycles. The van der Waals surface area contributed by atoms with Crippen molar-refractivity contribution >= 4 is 11.9 Å². The Morgan fingerprint density at radius 1 is 0.524 bits per heavy atom. The average molecular weight is 594 g/mol. The van der Waals surface area contributed by atoms with Crippen LogP contribution in [-0.4, -0.2) is 31.2 Å². The molecule has 0 aliphatic carbocycles. The van der Waals surface area contributed by atoms with Crippen molar-refractivity contribution in [3.63, 3.8) is 0 Å². The van der Waals surface area contributed by atoms with Crippen LogP contribution in [0.3, 0.4) is 0 Å². The van der Waals surface area contributed by atoms with Gasteiger partial charge in [0.1, 0.15) is 12.7 Å². The first-order chi connectivity index (χ1) is 20.6. The Labute approximate surface area is 261 Å². The van der Waals surface area contributed by atoms with Gasteiger partial charge in [-0.15, -0.1) is 0 Å². The minimum absolute atomic E-state index is 0.0603. The Balaban J connectivity index is 3.55. The van der Waals surface area contributed by atoms with Crippen LogP contribution in [0.15, 0.2) is 12.2 Å². The van der Waals surface area contributed by atoms with Gasteiger partial charge in [0.25, 0.3) is 0 Å². The molecule has 5 heteroatoms. The van der Waals surface area contributed by atoms with Crippen LogP contribution in [0, 0.1) is 0 Å². The number of hydrogen-bond acceptors (Lipinski definition) is 5. The zero-order valence-corrected chi connectivity index (χ0v) is 28.2. The maximum atomic E-state index is 12.2. The van der Waals surface area contributed by atoms with E-state index in [0.717, 1.165) is 38.5 Å². The highest BCUT2D eigenvalue weighted by molar-refractivity contribution is 5.70. The van der Waals surface area contributed by atoms with Gasteiger partial charge in [0.2, 0.25) is 0 Å². The third-order valence-electron chi connectivity index (χ3n) is 8.12. The molecule has 0 aromatic rings. The predicted molar refractivity (Wildman–Crippen MR) is 180 cm³/mol. The number of hydrogen-bond donors (Lipinski definition) is 1. The van der Waals surface area contributed by atoms with Crippen LogP contribution in [0.4, 0.5) is 0 Å². The summed E-state index contributed by atoms with van der Waals surface area (Å²) < 4.78 is 10.8. The molecule has 1 atom stereocenters. The number of allylic oxidation sites excluding steroid dienone is 2. The minimum Gasteiger partial charge on any atom is -0.462 e. The molecule has 1 unspecified atom stereocenters. The van der Waals surface area contributed by atoms with E-state index in [1.54, 1.807) is 0 Å². The van der Waals surface area contributed by atoms with Crippen molar-refractivity contribution in [2.45, 2.75) is 200 Å². The Morgan fingerprint density at radius 2 is 0.881 bits per heavy atom. The topological polar surface area (TPSA) is 78.6 Å². The molecule has 2 N–H and O–H groups in total. The van der Waals surface area contributed by atoms with E-state index in [1.807, 2.05) is 0 Å². The Morgan fingerprint density at radius 3 is 1.29 bits per heavy atom. The minimum atomic E-state index is -0.544. The SMILES string of the molecule is CCCCCCCCC=CCCCCCCCC(=O)OCC(CN)OC(=O)CCCCCCCCCCCCCCC. The first-order valence-electron chi connectivity index (χ1n) is 18.3. The summed E-state index contributed by atoms with van der Waals surface area (Å²) >= 11 is 0. The van der Waals surface area contributed by atoms with E-state index in [0.29, 0.717) is 12.8 Å². The monoisotopic (exact) mass is 594 g/mol. The van der Waals surface area contributed by atoms with Gasteiger partial charge in [-0.25, -0.2) is 0 Å². The van der Waals surface area contributed by atoms with E-state index < -0.39 is 6.10 Å². The van der Waals surface area contributed by atoms with Crippen molar-refractivity contribution in [2.24, 2.45) is 5.73 Å². The summed E-state index contributed by atoms with van der Waals surface area (Å²) in [5.74, 6) is -0.458. The van der Waals surface area contributed by atoms with Crippen molar-refractivity contribution in [1.82, 2.24) is 0 Å². The lowest BCUT2D eigenvalue weighted by molar-refractivity contribution is -0.158. The van der Waals surface area contributed by atoms with Gasteiger partial charge >= 0.3 is 11.9 Å². The fourth-order valence-corrected chi connectivity index (χ4v) is 5.28. The molecule has 0 saturated heterocycles. The summed E-state index contributed by atoms with van der Waals surface area (Å²) in [5.41, 5.74) is 5.74. The van der Waals surface area contributed by atoms with Gasteiger partial charge in [0.15, 0.2) is 0 Å². The van der Waals surface area contributed by atoms with Crippen LogP contribution in [0.25, 0.3) is 0 Å². The molecule has 42 heavy (non-hydrogen) atoms. The maximum absolute atomic E-state index is 12.2. The molecule has 5 nitrogen and oxygen atoms in total. The highest BCUT2D eigenvalue weighted by atomic mass is 16.6. The maximum Gasteiger partial charge on any atom is 0.306 e. The molecular formula is C37H71NO4. The number of carbonyl (C=O) groups excluding carboxylic acids is 2. The molecule has 0 aromatic carbocycles. The lowest BCUT2D eigenvalue weighted by Gasteiger charge is -2.16. The molecular weight excluding hydrogens is 522 g/mol. The molecule has 0 amide bonds. The summed E-state index contributed by atoms with van der Waals surface area (Å²) in [6, 6.07) is 0. The van der Waals surface area contributed by atoms with E-state index in [2.05, 4.69) is 26.0 Å². The van der Waals surface area contributed by atoms with Crippen molar-refractivity contribution in [3.8, 4) is 0 Å². The first-order valence-corrected chi connectivity index (χ1v) is 18.3. The summed E-state index contributed by atoms with van der Waals surface area (Å²) in [6.07, 6.45) is 37.6. The molecule has 248 valence electrons. The Hall–Kier alpha value is -1.36. The number of esters is 2. The van der Waals surface area contributed by atoms with E-state index in [9.17, 15) is 9.59 Å². The van der Waals surface area contributed by atoms with Gasteiger partial charge in [0, 0.05) is 19.4 Å². The summed E-state index contributed by atoms with van der Waals surface area (Å²) in [5, 5.41) is 0. The lowest BCUT2D eigenvalue weighted by Crippen LogP contribution is -2.32. The number of rotatable bonds is 33. The van der Waals surface area contributed by atoms with Crippen LogP contribution >= 0.6 is 0 Å². The van der Waals surface area contributed by atoms with E-state index in [1.165, 1.54) is 128 Å². The molecule has 0 spiro atoms. The Kier molecular flexibility index (Phi) is 33.0. The molecule has 0 aliphatic rings. The van der Waals surface area contributed by atoms with Gasteiger partial charge in [-0.2, -0.15) is 0 Å². The zero-order valence-electron chi connectivity index (χ0n) is 28.2. The number of ether oxygens (including phenoxy) is 2. The van der Waals surface area contributed by atoms with Crippen molar-refractivity contribution in [2.75, 3.05) is 13.2 Å². The third kappa shape index (κ3) is 31.6. The molecule has 0 bridgehead atoms. The van der Waals surface area contributed by atoms with Crippen molar-refractivity contribution in [3.05, 3.63) is 12.2 Å². The summed E-state index contributed by atoms with van der Waals surface area (Å²) in [6.45, 7) is 4.76. The lowest BCUT2D eigenvalue weighted by atomic mass is 10.0. The second-order valence-corrected chi connectivity index (χ2v) is 12.4. The van der Waals surface area contributed by atoms with Crippen molar-refractivity contribution in [1.29, 1.82) is 0 Å². The smallest absolute Gasteiger partial charge is 0.306 e. The van der Waals surface area contributed by atoms with Gasteiger partial charge in [-0.05, 0) is 38.5 Å². The molecule has 0 rings (SSSR count). The summed E-state index contributed by atoms with van der Waals surface area (Å²) in [7, 11) is 0. The van der Waals surface area contributed by atoms with E-state index >= 15 is 0 Å². The van der Waals surface area contributed by atoms with Crippen molar-refractivity contribution < 1.29 is 19.1 Å². The second kappa shape index (κ2) is 34.1. The van der Waals surface area contributed by atoms with Gasteiger partial charge in [0.05, 0.1) is 0 Å². The van der Waals surface area contributed by atoms with Crippen LogP contribution in [-0.2, 0) is 19.1 Å². The molecule has 0 radical (unpaired) electrons. The first kappa shape index (κ1) is 40.6. The van der Waals surface area contributed by atoms with Gasteiger partial charge in [-0.3, -0.25) is 9.59 Å². The summed E-state index contributed by atoms with van der Waals surface area (Å²) in [4.78, 5) is 24.2. The van der Waals surface area contributed by atoms with Crippen LogP contribution in [0.1, 0.15) is 194 Å². The highest BCUT2D eigenvalue weighted by Gasteiger charge is 2.15. The highest BCUT2D eigenvalue weighted by Crippen LogP contribution is 2.14. The normalized spacial score (nSPS) is 12.2. The average Bonchev–Trinajstić information content (AvgIpc) is 2.99. The molecule has 0 aromatic heterocycles. The van der Waals surface area contributed by atoms with E-state index in [-0.39, 0.29) is 25.1 Å². The number of unbranched alkanes of at least 4 members (excludes halogenated alkanes) is 23. The number of nitrogens with two attached hydrogens (primary N) is 1. The van der Waals surface area contributed by atoms with E-state index in [4.69, 9.17) is 15.2 Å².